The Morgan fingerprint density at radius 1 is 1.05 bits per heavy atom. The smallest absolute Gasteiger partial charge is 0.0568 e. The molecule has 116 valence electrons. The van der Waals surface area contributed by atoms with Crippen LogP contribution < -0.4 is 0 Å². The van der Waals surface area contributed by atoms with E-state index in [0.717, 1.165) is 18.2 Å². The lowest BCUT2D eigenvalue weighted by Crippen LogP contribution is -2.17. The Morgan fingerprint density at radius 3 is 2.15 bits per heavy atom. The van der Waals surface area contributed by atoms with Gasteiger partial charge in [-0.25, -0.2) is 0 Å². The molecule has 2 N–H and O–H groups in total. The Hall–Kier alpha value is -0.380. The van der Waals surface area contributed by atoms with Crippen LogP contribution in [0.3, 0.4) is 0 Å². The average molecular weight is 345 g/mol. The number of rotatable bonds is 8. The summed E-state index contributed by atoms with van der Waals surface area (Å²) < 4.78 is 0. The summed E-state index contributed by atoms with van der Waals surface area (Å²) >= 11 is 3.31. The predicted octanol–water partition coefficient (Wildman–Crippen LogP) is 4.32. The SMILES string of the molecule is CCC(O)CC(O)CCc1ccccc1.CCCCBr. The van der Waals surface area contributed by atoms with E-state index in [-0.39, 0.29) is 12.2 Å². The van der Waals surface area contributed by atoms with Gasteiger partial charge in [0.15, 0.2) is 0 Å². The average Bonchev–Trinajstić information content (AvgIpc) is 2.47. The highest BCUT2D eigenvalue weighted by Gasteiger charge is 2.09. The van der Waals surface area contributed by atoms with Crippen molar-refractivity contribution in [2.45, 2.75) is 64.6 Å². The summed E-state index contributed by atoms with van der Waals surface area (Å²) in [7, 11) is 0. The molecule has 1 aromatic rings. The van der Waals surface area contributed by atoms with Crippen LogP contribution in [0.25, 0.3) is 0 Å². The molecule has 0 fully saturated rings. The summed E-state index contributed by atoms with van der Waals surface area (Å²) in [4.78, 5) is 0. The van der Waals surface area contributed by atoms with E-state index in [9.17, 15) is 10.2 Å². The number of aliphatic hydroxyl groups is 2. The molecular weight excluding hydrogens is 316 g/mol. The van der Waals surface area contributed by atoms with Gasteiger partial charge in [-0.15, -0.1) is 0 Å². The molecule has 0 aliphatic heterocycles. The van der Waals surface area contributed by atoms with E-state index in [1.54, 1.807) is 0 Å². The molecule has 0 spiro atoms. The van der Waals surface area contributed by atoms with Crippen LogP contribution in [0.15, 0.2) is 30.3 Å². The van der Waals surface area contributed by atoms with Gasteiger partial charge in [-0.2, -0.15) is 0 Å². The molecule has 0 saturated heterocycles. The number of hydrogen-bond acceptors (Lipinski definition) is 2. The van der Waals surface area contributed by atoms with Gasteiger partial charge >= 0.3 is 0 Å². The van der Waals surface area contributed by atoms with Crippen LogP contribution in [0.1, 0.15) is 51.5 Å². The summed E-state index contributed by atoms with van der Waals surface area (Å²) in [6.45, 7) is 4.11. The van der Waals surface area contributed by atoms with Gasteiger partial charge in [0, 0.05) is 5.33 Å². The van der Waals surface area contributed by atoms with Crippen molar-refractivity contribution in [2.24, 2.45) is 0 Å². The molecule has 1 rings (SSSR count). The molecule has 0 amide bonds. The molecule has 3 heteroatoms. The van der Waals surface area contributed by atoms with Gasteiger partial charge in [-0.05, 0) is 37.7 Å². The van der Waals surface area contributed by atoms with Crippen molar-refractivity contribution in [2.75, 3.05) is 5.33 Å². The third-order valence-corrected chi connectivity index (χ3v) is 3.67. The van der Waals surface area contributed by atoms with Gasteiger partial charge < -0.3 is 10.2 Å². The molecule has 2 unspecified atom stereocenters. The van der Waals surface area contributed by atoms with Gasteiger partial charge in [0.1, 0.15) is 0 Å². The zero-order chi connectivity index (χ0) is 15.2. The van der Waals surface area contributed by atoms with E-state index < -0.39 is 0 Å². The van der Waals surface area contributed by atoms with E-state index in [1.807, 2.05) is 25.1 Å². The number of benzene rings is 1. The normalized spacial score (nSPS) is 13.2. The summed E-state index contributed by atoms with van der Waals surface area (Å²) in [5, 5.41) is 20.2. The third kappa shape index (κ3) is 11.4. The fourth-order valence-electron chi connectivity index (χ4n) is 1.71. The van der Waals surface area contributed by atoms with Gasteiger partial charge in [0.2, 0.25) is 0 Å². The minimum absolute atomic E-state index is 0.365. The molecule has 0 saturated carbocycles. The van der Waals surface area contributed by atoms with E-state index in [1.165, 1.54) is 18.4 Å². The first kappa shape index (κ1) is 19.6. The lowest BCUT2D eigenvalue weighted by molar-refractivity contribution is 0.0739. The summed E-state index contributed by atoms with van der Waals surface area (Å²) in [6.07, 6.45) is 4.65. The summed E-state index contributed by atoms with van der Waals surface area (Å²) in [5.74, 6) is 0. The van der Waals surface area contributed by atoms with Gasteiger partial charge in [0.25, 0.3) is 0 Å². The topological polar surface area (TPSA) is 40.5 Å². The molecule has 20 heavy (non-hydrogen) atoms. The fraction of sp³-hybridized carbons (Fsp3) is 0.647. The maximum Gasteiger partial charge on any atom is 0.0568 e. The molecule has 0 aliphatic carbocycles. The summed E-state index contributed by atoms with van der Waals surface area (Å²) in [6, 6.07) is 10.1. The Kier molecular flexibility index (Phi) is 13.3. The van der Waals surface area contributed by atoms with Crippen LogP contribution in [0.4, 0.5) is 0 Å². The number of halogens is 1. The minimum Gasteiger partial charge on any atom is -0.393 e. The van der Waals surface area contributed by atoms with Crippen molar-refractivity contribution in [1.82, 2.24) is 0 Å². The maximum absolute atomic E-state index is 9.65. The highest BCUT2D eigenvalue weighted by Crippen LogP contribution is 2.10. The molecular formula is C17H29BrO2. The van der Waals surface area contributed by atoms with Crippen molar-refractivity contribution >= 4 is 15.9 Å². The molecule has 0 aromatic heterocycles. The number of aliphatic hydroxyl groups excluding tert-OH is 2. The standard InChI is InChI=1S/C13H20O2.C4H9Br/c1-2-12(14)10-13(15)9-8-11-6-4-3-5-7-11;1-2-3-4-5/h3-7,12-15H,2,8-10H2,1H3;2-4H2,1H3. The zero-order valence-corrected chi connectivity index (χ0v) is 14.3. The quantitative estimate of drug-likeness (QED) is 0.689. The number of unbranched alkanes of at least 4 members (excludes halogenated alkanes) is 1. The zero-order valence-electron chi connectivity index (χ0n) is 12.8. The number of hydrogen-bond donors (Lipinski definition) is 2. The predicted molar refractivity (Wildman–Crippen MR) is 90.4 cm³/mol. The Bertz CT molecular complexity index is 301. The molecule has 0 heterocycles. The van der Waals surface area contributed by atoms with Crippen molar-refractivity contribution in [3.63, 3.8) is 0 Å². The highest BCUT2D eigenvalue weighted by atomic mass is 79.9. The summed E-state index contributed by atoms with van der Waals surface area (Å²) in [5.41, 5.74) is 1.24. The minimum atomic E-state index is -0.389. The Labute approximate surface area is 132 Å². The lowest BCUT2D eigenvalue weighted by atomic mass is 10.0. The largest absolute Gasteiger partial charge is 0.393 e. The van der Waals surface area contributed by atoms with Gasteiger partial charge in [0.05, 0.1) is 12.2 Å². The second-order valence-corrected chi connectivity index (χ2v) is 5.81. The molecule has 1 aromatic carbocycles. The maximum atomic E-state index is 9.65. The van der Waals surface area contributed by atoms with Crippen LogP contribution in [0.5, 0.6) is 0 Å². The molecule has 0 radical (unpaired) electrons. The molecule has 0 aliphatic rings. The first-order valence-corrected chi connectivity index (χ1v) is 8.72. The van der Waals surface area contributed by atoms with Crippen LogP contribution in [0, 0.1) is 0 Å². The van der Waals surface area contributed by atoms with Crippen LogP contribution >= 0.6 is 15.9 Å². The van der Waals surface area contributed by atoms with E-state index in [2.05, 4.69) is 35.0 Å². The van der Waals surface area contributed by atoms with Crippen molar-refractivity contribution in [3.8, 4) is 0 Å². The monoisotopic (exact) mass is 344 g/mol. The Morgan fingerprint density at radius 2 is 1.70 bits per heavy atom. The fourth-order valence-corrected chi connectivity index (χ4v) is 2.27. The second kappa shape index (κ2) is 13.6. The highest BCUT2D eigenvalue weighted by molar-refractivity contribution is 9.09. The van der Waals surface area contributed by atoms with E-state index in [0.29, 0.717) is 12.8 Å². The first-order chi connectivity index (χ1) is 9.63. The lowest BCUT2D eigenvalue weighted by Gasteiger charge is -2.13. The van der Waals surface area contributed by atoms with Crippen molar-refractivity contribution in [1.29, 1.82) is 0 Å². The molecule has 2 nitrogen and oxygen atoms in total. The molecule has 0 bridgehead atoms. The van der Waals surface area contributed by atoms with Crippen molar-refractivity contribution < 1.29 is 10.2 Å². The van der Waals surface area contributed by atoms with E-state index >= 15 is 0 Å². The van der Waals surface area contributed by atoms with Crippen LogP contribution in [0.2, 0.25) is 0 Å². The van der Waals surface area contributed by atoms with Gasteiger partial charge in [-0.1, -0.05) is 66.5 Å². The van der Waals surface area contributed by atoms with Crippen molar-refractivity contribution in [3.05, 3.63) is 35.9 Å². The number of alkyl halides is 1. The first-order valence-electron chi connectivity index (χ1n) is 7.60. The third-order valence-electron chi connectivity index (χ3n) is 3.11. The van der Waals surface area contributed by atoms with Crippen LogP contribution in [-0.4, -0.2) is 27.8 Å². The molecule has 2 atom stereocenters. The second-order valence-electron chi connectivity index (χ2n) is 5.02. The van der Waals surface area contributed by atoms with E-state index in [4.69, 9.17) is 0 Å². The Balaban J connectivity index is 0.000000621. The van der Waals surface area contributed by atoms with Crippen LogP contribution in [-0.2, 0) is 6.42 Å². The van der Waals surface area contributed by atoms with Gasteiger partial charge in [-0.3, -0.25) is 0 Å². The number of aryl methyl sites for hydroxylation is 1.